The second kappa shape index (κ2) is 8.17. The van der Waals surface area contributed by atoms with E-state index in [-0.39, 0.29) is 23.3 Å². The Hall–Kier alpha value is -2.36. The zero-order valence-electron chi connectivity index (χ0n) is 16.0. The fourth-order valence-corrected chi connectivity index (χ4v) is 5.82. The largest absolute Gasteiger partial charge is 0.352 e. The molecule has 1 aliphatic rings. The van der Waals surface area contributed by atoms with Crippen LogP contribution in [0.3, 0.4) is 0 Å². The quantitative estimate of drug-likeness (QED) is 0.672. The van der Waals surface area contributed by atoms with Crippen LogP contribution in [-0.4, -0.2) is 40.5 Å². The Kier molecular flexibility index (Phi) is 5.62. The fourth-order valence-electron chi connectivity index (χ4n) is 3.54. The lowest BCUT2D eigenvalue weighted by atomic mass is 9.98. The van der Waals surface area contributed by atoms with Crippen molar-refractivity contribution in [3.8, 4) is 0 Å². The minimum absolute atomic E-state index is 0.112. The van der Waals surface area contributed by atoms with E-state index in [4.69, 9.17) is 0 Å². The van der Waals surface area contributed by atoms with Crippen molar-refractivity contribution in [2.75, 3.05) is 13.1 Å². The van der Waals surface area contributed by atoms with Crippen LogP contribution in [0.5, 0.6) is 0 Å². The predicted molar refractivity (Wildman–Crippen MR) is 112 cm³/mol. The molecule has 1 saturated heterocycles. The number of aryl methyl sites for hydroxylation is 1. The van der Waals surface area contributed by atoms with Crippen molar-refractivity contribution >= 4 is 38.7 Å². The third kappa shape index (κ3) is 4.17. The number of fused-ring (bicyclic) bond motifs is 1. The van der Waals surface area contributed by atoms with E-state index in [1.807, 2.05) is 31.2 Å². The van der Waals surface area contributed by atoms with Gasteiger partial charge in [0.05, 0.1) is 17.6 Å². The van der Waals surface area contributed by atoms with Crippen LogP contribution in [0.4, 0.5) is 0 Å². The summed E-state index contributed by atoms with van der Waals surface area (Å²) in [5, 5.41) is 2.94. The van der Waals surface area contributed by atoms with Crippen molar-refractivity contribution in [2.24, 2.45) is 5.92 Å². The number of aromatic nitrogens is 2. The number of nitrogens with one attached hydrogen (secondary N) is 1. The van der Waals surface area contributed by atoms with E-state index in [2.05, 4.69) is 14.1 Å². The van der Waals surface area contributed by atoms with Gasteiger partial charge in [-0.15, -0.1) is 0 Å². The SMILES string of the molecule is Cc1ccc(CNC(=O)[C@H]2CCCN(S(=O)(=O)c3cccc4nsnc34)C2)cc1. The number of carbonyl (C=O) groups excluding carboxylic acids is 1. The molecule has 4 rings (SSSR count). The molecule has 29 heavy (non-hydrogen) atoms. The van der Waals surface area contributed by atoms with Gasteiger partial charge in [-0.05, 0) is 37.5 Å². The maximum Gasteiger partial charge on any atom is 0.245 e. The molecule has 2 heterocycles. The van der Waals surface area contributed by atoms with Crippen LogP contribution in [0.1, 0.15) is 24.0 Å². The average Bonchev–Trinajstić information content (AvgIpc) is 3.22. The number of hydrogen-bond donors (Lipinski definition) is 1. The summed E-state index contributed by atoms with van der Waals surface area (Å²) in [5.74, 6) is -0.476. The van der Waals surface area contributed by atoms with Crippen LogP contribution in [0, 0.1) is 12.8 Å². The van der Waals surface area contributed by atoms with Crippen LogP contribution >= 0.6 is 11.7 Å². The van der Waals surface area contributed by atoms with Gasteiger partial charge in [-0.25, -0.2) is 8.42 Å². The molecule has 1 N–H and O–H groups in total. The highest BCUT2D eigenvalue weighted by Gasteiger charge is 2.34. The molecule has 3 aromatic rings. The first-order valence-electron chi connectivity index (χ1n) is 9.50. The van der Waals surface area contributed by atoms with Crippen LogP contribution in [0.2, 0.25) is 0 Å². The number of amides is 1. The van der Waals surface area contributed by atoms with E-state index in [0.717, 1.165) is 17.3 Å². The van der Waals surface area contributed by atoms with E-state index in [9.17, 15) is 13.2 Å². The van der Waals surface area contributed by atoms with Gasteiger partial charge in [-0.1, -0.05) is 35.9 Å². The van der Waals surface area contributed by atoms with Crippen LogP contribution in [-0.2, 0) is 21.4 Å². The normalized spacial score (nSPS) is 18.0. The second-order valence-electron chi connectivity index (χ2n) is 7.29. The van der Waals surface area contributed by atoms with Gasteiger partial charge in [0.15, 0.2) is 0 Å². The summed E-state index contributed by atoms with van der Waals surface area (Å²) in [6.45, 7) is 3.03. The number of rotatable bonds is 5. The number of piperidine rings is 1. The molecule has 7 nitrogen and oxygen atoms in total. The van der Waals surface area contributed by atoms with E-state index in [1.54, 1.807) is 18.2 Å². The lowest BCUT2D eigenvalue weighted by molar-refractivity contribution is -0.126. The fraction of sp³-hybridized carbons (Fsp3) is 0.350. The molecule has 0 radical (unpaired) electrons. The van der Waals surface area contributed by atoms with Crippen molar-refractivity contribution < 1.29 is 13.2 Å². The minimum Gasteiger partial charge on any atom is -0.352 e. The van der Waals surface area contributed by atoms with E-state index in [0.29, 0.717) is 37.0 Å². The van der Waals surface area contributed by atoms with Gasteiger partial charge in [0.1, 0.15) is 15.9 Å². The molecule has 0 saturated carbocycles. The maximum absolute atomic E-state index is 13.2. The van der Waals surface area contributed by atoms with E-state index in [1.165, 1.54) is 9.87 Å². The van der Waals surface area contributed by atoms with Crippen LogP contribution < -0.4 is 5.32 Å². The third-order valence-corrected chi connectivity index (χ3v) is 7.65. The van der Waals surface area contributed by atoms with Crippen LogP contribution in [0.25, 0.3) is 11.0 Å². The maximum atomic E-state index is 13.2. The Labute approximate surface area is 174 Å². The number of benzene rings is 2. The molecule has 9 heteroatoms. The monoisotopic (exact) mass is 430 g/mol. The first-order chi connectivity index (χ1) is 13.9. The number of nitrogens with zero attached hydrogens (tertiary/aromatic N) is 3. The molecule has 0 spiro atoms. The summed E-state index contributed by atoms with van der Waals surface area (Å²) in [5.41, 5.74) is 3.15. The lowest BCUT2D eigenvalue weighted by Gasteiger charge is -2.31. The highest BCUT2D eigenvalue weighted by molar-refractivity contribution is 7.89. The Morgan fingerprint density at radius 1 is 1.21 bits per heavy atom. The second-order valence-corrected chi connectivity index (χ2v) is 9.73. The van der Waals surface area contributed by atoms with Crippen molar-refractivity contribution in [1.29, 1.82) is 0 Å². The van der Waals surface area contributed by atoms with Crippen molar-refractivity contribution in [3.63, 3.8) is 0 Å². The Morgan fingerprint density at radius 2 is 2.00 bits per heavy atom. The smallest absolute Gasteiger partial charge is 0.245 e. The summed E-state index contributed by atoms with van der Waals surface area (Å²) < 4.78 is 36.1. The first-order valence-corrected chi connectivity index (χ1v) is 11.7. The Balaban J connectivity index is 1.46. The standard InChI is InChI=1S/C20H22N4O3S2/c1-14-7-9-15(10-8-14)12-21-20(25)16-4-3-11-24(13-16)29(26,27)18-6-2-5-17-19(18)23-28-22-17/h2,5-10,16H,3-4,11-13H2,1H3,(H,21,25)/t16-/m0/s1. The van der Waals surface area contributed by atoms with Gasteiger partial charge < -0.3 is 5.32 Å². The molecule has 1 atom stereocenters. The minimum atomic E-state index is -3.74. The molecule has 0 bridgehead atoms. The van der Waals surface area contributed by atoms with Crippen LogP contribution in [0.15, 0.2) is 47.4 Å². The summed E-state index contributed by atoms with van der Waals surface area (Å²) in [4.78, 5) is 12.8. The topological polar surface area (TPSA) is 92.3 Å². The molecule has 1 fully saturated rings. The number of sulfonamides is 1. The molecular formula is C20H22N4O3S2. The summed E-state index contributed by atoms with van der Waals surface area (Å²) >= 11 is 0.993. The summed E-state index contributed by atoms with van der Waals surface area (Å²) in [6.07, 6.45) is 1.32. The molecule has 2 aromatic carbocycles. The third-order valence-electron chi connectivity index (χ3n) is 5.21. The molecule has 1 amide bonds. The van der Waals surface area contributed by atoms with E-state index >= 15 is 0 Å². The van der Waals surface area contributed by atoms with E-state index < -0.39 is 10.0 Å². The molecule has 0 aliphatic carbocycles. The van der Waals surface area contributed by atoms with Gasteiger partial charge in [0, 0.05) is 19.6 Å². The highest BCUT2D eigenvalue weighted by Crippen LogP contribution is 2.28. The van der Waals surface area contributed by atoms with Crippen molar-refractivity contribution in [2.45, 2.75) is 31.2 Å². The summed E-state index contributed by atoms with van der Waals surface area (Å²) in [6, 6.07) is 12.9. The van der Waals surface area contributed by atoms with Gasteiger partial charge in [-0.2, -0.15) is 13.1 Å². The van der Waals surface area contributed by atoms with Gasteiger partial charge >= 0.3 is 0 Å². The molecule has 152 valence electrons. The summed E-state index contributed by atoms with van der Waals surface area (Å²) in [7, 11) is -3.74. The lowest BCUT2D eigenvalue weighted by Crippen LogP contribution is -2.45. The van der Waals surface area contributed by atoms with Gasteiger partial charge in [-0.3, -0.25) is 4.79 Å². The molecule has 1 aromatic heterocycles. The van der Waals surface area contributed by atoms with Crippen molar-refractivity contribution in [1.82, 2.24) is 18.4 Å². The van der Waals surface area contributed by atoms with Crippen molar-refractivity contribution in [3.05, 3.63) is 53.6 Å². The number of carbonyl (C=O) groups is 1. The Morgan fingerprint density at radius 3 is 2.79 bits per heavy atom. The highest BCUT2D eigenvalue weighted by atomic mass is 32.2. The van der Waals surface area contributed by atoms with Gasteiger partial charge in [0.2, 0.25) is 15.9 Å². The molecule has 0 unspecified atom stereocenters. The molecule has 1 aliphatic heterocycles. The molecular weight excluding hydrogens is 408 g/mol. The average molecular weight is 431 g/mol. The number of hydrogen-bond acceptors (Lipinski definition) is 6. The zero-order valence-corrected chi connectivity index (χ0v) is 17.7. The predicted octanol–water partition coefficient (Wildman–Crippen LogP) is 2.72. The zero-order chi connectivity index (χ0) is 20.4. The Bertz CT molecular complexity index is 1130. The van der Waals surface area contributed by atoms with Gasteiger partial charge in [0.25, 0.3) is 0 Å². The first kappa shape index (κ1) is 19.9.